The highest BCUT2D eigenvalue weighted by Gasteiger charge is 2.36. The van der Waals surface area contributed by atoms with Crippen LogP contribution in [0, 0.1) is 18.6 Å². The molecule has 0 saturated heterocycles. The molecule has 0 unspecified atom stereocenters. The van der Waals surface area contributed by atoms with Gasteiger partial charge in [-0.15, -0.1) is 0 Å². The molecular weight excluding hydrogens is 801 g/mol. The lowest BCUT2D eigenvalue weighted by atomic mass is 9.93. The van der Waals surface area contributed by atoms with Crippen molar-refractivity contribution in [1.29, 1.82) is 0 Å². The van der Waals surface area contributed by atoms with Crippen LogP contribution in [0.25, 0.3) is 10.8 Å². The van der Waals surface area contributed by atoms with Gasteiger partial charge in [-0.05, 0) is 120 Å². The van der Waals surface area contributed by atoms with E-state index in [0.29, 0.717) is 15.8 Å². The van der Waals surface area contributed by atoms with E-state index < -0.39 is 79.6 Å². The highest BCUT2D eigenvalue weighted by atomic mass is 32.2. The Hall–Kier alpha value is -5.84. The summed E-state index contributed by atoms with van der Waals surface area (Å²) in [5, 5.41) is 4.81. The van der Waals surface area contributed by atoms with Crippen molar-refractivity contribution >= 4 is 62.0 Å². The Morgan fingerprint density at radius 1 is 0.967 bits per heavy atom. The molecule has 3 heterocycles. The molecule has 14 nitrogen and oxygen atoms in total. The molecule has 4 amide bonds. The number of benzene rings is 3. The molecule has 2 aliphatic rings. The van der Waals surface area contributed by atoms with Crippen LogP contribution in [-0.2, 0) is 35.4 Å². The highest BCUT2D eigenvalue weighted by Crippen LogP contribution is 2.35. The number of imide groups is 1. The van der Waals surface area contributed by atoms with E-state index >= 15 is 8.78 Å². The number of nitrogens with one attached hydrogen (secondary N) is 2. The SMILES string of the molecule is Cc1cc2ccc1[C@@H](C)COC(=O)Nc1cc(F)c(S(=O)(=O)C(C)C)c(c1)CN(C)C(=O)[C@@H]2Nc1cc2ccnc(N(C(=O)OC(C)(C)C)C(=O)OC(C)(C)C)c2cc1F. The molecule has 60 heavy (non-hydrogen) atoms. The third kappa shape index (κ3) is 10.1. The third-order valence-electron chi connectivity index (χ3n) is 9.42. The van der Waals surface area contributed by atoms with Crippen LogP contribution >= 0.6 is 0 Å². The van der Waals surface area contributed by atoms with Gasteiger partial charge in [-0.25, -0.2) is 36.6 Å². The molecule has 4 bridgehead atoms. The number of carbonyl (C=O) groups excluding carboxylic acids is 4. The van der Waals surface area contributed by atoms with Crippen molar-refractivity contribution in [3.8, 4) is 0 Å². The average molecular weight is 852 g/mol. The van der Waals surface area contributed by atoms with Crippen molar-refractivity contribution in [3.05, 3.63) is 88.6 Å². The predicted molar refractivity (Wildman–Crippen MR) is 223 cm³/mol. The number of halogens is 2. The van der Waals surface area contributed by atoms with E-state index in [1.165, 1.54) is 50.2 Å². The zero-order valence-corrected chi connectivity index (χ0v) is 36.3. The summed E-state index contributed by atoms with van der Waals surface area (Å²) in [7, 11) is -2.86. The normalized spacial score (nSPS) is 16.7. The topological polar surface area (TPSA) is 174 Å². The van der Waals surface area contributed by atoms with Gasteiger partial charge in [0.15, 0.2) is 15.7 Å². The molecule has 0 spiro atoms. The molecule has 4 aromatic rings. The molecule has 3 aromatic carbocycles. The molecule has 2 N–H and O–H groups in total. The second-order valence-corrected chi connectivity index (χ2v) is 19.5. The number of likely N-dealkylation sites (N-methyl/N-ethyl adjacent to an activating group) is 1. The zero-order chi connectivity index (χ0) is 44.6. The zero-order valence-electron chi connectivity index (χ0n) is 35.5. The van der Waals surface area contributed by atoms with Gasteiger partial charge in [-0.1, -0.05) is 25.1 Å². The number of aryl methyl sites for hydroxylation is 1. The number of hydrogen-bond donors (Lipinski definition) is 2. The standard InChI is InChI=1S/C43H51F2N5O9S/c1-23(2)60(55,56)36-28-17-29(19-33(36)45)47-39(52)57-22-25(4)30-13-12-27(16-24(30)3)35(38(51)49(11)21-28)48-34-18-26-14-15-46-37(31(26)20-32(34)44)50(40(53)58-42(5,6)7)41(54)59-43(8,9)10/h12-20,23,25,35,48H,21-22H2,1-11H3,(H,47,52)/t25-,35+/m0/s1. The molecule has 6 rings (SSSR count). The molecule has 17 heteroatoms. The average Bonchev–Trinajstić information content (AvgIpc) is 3.10. The van der Waals surface area contributed by atoms with Crippen LogP contribution in [0.15, 0.2) is 59.6 Å². The second-order valence-electron chi connectivity index (χ2n) is 17.0. The summed E-state index contributed by atoms with van der Waals surface area (Å²) in [6.07, 6.45) is -1.77. The first-order chi connectivity index (χ1) is 27.8. The molecule has 0 fully saturated rings. The molecule has 0 radical (unpaired) electrons. The third-order valence-corrected chi connectivity index (χ3v) is 11.7. The minimum Gasteiger partial charge on any atom is -0.449 e. The van der Waals surface area contributed by atoms with Crippen molar-refractivity contribution in [2.24, 2.45) is 0 Å². The number of anilines is 3. The maximum atomic E-state index is 16.5. The summed E-state index contributed by atoms with van der Waals surface area (Å²) >= 11 is 0. The Balaban J connectivity index is 1.64. The summed E-state index contributed by atoms with van der Waals surface area (Å²) < 4.78 is 75.7. The number of nitrogens with zero attached hydrogens (tertiary/aromatic N) is 3. The van der Waals surface area contributed by atoms with Crippen LogP contribution in [0.2, 0.25) is 0 Å². The molecule has 322 valence electrons. The van der Waals surface area contributed by atoms with Crippen molar-refractivity contribution in [2.75, 3.05) is 29.2 Å². The minimum atomic E-state index is -4.25. The maximum Gasteiger partial charge on any atom is 0.425 e. The summed E-state index contributed by atoms with van der Waals surface area (Å²) in [5.41, 5.74) is -0.462. The fourth-order valence-corrected chi connectivity index (χ4v) is 7.89. The smallest absolute Gasteiger partial charge is 0.425 e. The fourth-order valence-electron chi connectivity index (χ4n) is 6.60. The Bertz CT molecular complexity index is 2440. The van der Waals surface area contributed by atoms with Gasteiger partial charge in [0.2, 0.25) is 5.91 Å². The Kier molecular flexibility index (Phi) is 12.8. The number of fused-ring (bicyclic) bond motifs is 10. The van der Waals surface area contributed by atoms with Crippen molar-refractivity contribution in [2.45, 2.75) is 109 Å². The number of rotatable bonds is 5. The lowest BCUT2D eigenvalue weighted by molar-refractivity contribution is -0.131. The Morgan fingerprint density at radius 2 is 1.60 bits per heavy atom. The predicted octanol–water partition coefficient (Wildman–Crippen LogP) is 9.16. The fraction of sp³-hybridized carbons (Fsp3) is 0.419. The van der Waals surface area contributed by atoms with Gasteiger partial charge >= 0.3 is 18.3 Å². The lowest BCUT2D eigenvalue weighted by Gasteiger charge is -2.29. The number of hydrogen-bond acceptors (Lipinski definition) is 11. The van der Waals surface area contributed by atoms with Gasteiger partial charge < -0.3 is 24.4 Å². The van der Waals surface area contributed by atoms with E-state index in [9.17, 15) is 27.6 Å². The van der Waals surface area contributed by atoms with E-state index in [4.69, 9.17) is 14.2 Å². The first kappa shape index (κ1) is 45.2. The first-order valence-corrected chi connectivity index (χ1v) is 20.8. The second kappa shape index (κ2) is 17.0. The molecule has 2 aliphatic heterocycles. The van der Waals surface area contributed by atoms with E-state index in [0.717, 1.165) is 23.3 Å². The van der Waals surface area contributed by atoms with E-state index in [-0.39, 0.29) is 40.7 Å². The number of aromatic nitrogens is 1. The van der Waals surface area contributed by atoms with Gasteiger partial charge in [-0.2, -0.15) is 4.90 Å². The van der Waals surface area contributed by atoms with Crippen molar-refractivity contribution < 1.29 is 50.6 Å². The highest BCUT2D eigenvalue weighted by molar-refractivity contribution is 7.92. The molecule has 0 saturated carbocycles. The number of sulfone groups is 1. The number of pyridine rings is 1. The van der Waals surface area contributed by atoms with E-state index in [1.54, 1.807) is 59.7 Å². The van der Waals surface area contributed by atoms with Crippen molar-refractivity contribution in [3.63, 3.8) is 0 Å². The monoisotopic (exact) mass is 851 g/mol. The summed E-state index contributed by atoms with van der Waals surface area (Å²) in [6, 6.07) is 10.0. The van der Waals surface area contributed by atoms with Gasteiger partial charge in [0, 0.05) is 36.8 Å². The van der Waals surface area contributed by atoms with Crippen LogP contribution < -0.4 is 15.5 Å². The van der Waals surface area contributed by atoms with Crippen LogP contribution in [0.4, 0.5) is 40.4 Å². The summed E-state index contributed by atoms with van der Waals surface area (Å²) in [6.45, 7) is 15.6. The summed E-state index contributed by atoms with van der Waals surface area (Å²) in [4.78, 5) is 59.8. The number of ether oxygens (including phenoxy) is 3. The van der Waals surface area contributed by atoms with Gasteiger partial charge in [0.1, 0.15) is 33.8 Å². The van der Waals surface area contributed by atoms with Crippen LogP contribution in [0.3, 0.4) is 0 Å². The molecular formula is C43H51F2N5O9S. The molecule has 2 atom stereocenters. The van der Waals surface area contributed by atoms with E-state index in [1.807, 2.05) is 13.8 Å². The van der Waals surface area contributed by atoms with E-state index in [2.05, 4.69) is 15.6 Å². The summed E-state index contributed by atoms with van der Waals surface area (Å²) in [5.74, 6) is -3.25. The molecule has 1 aromatic heterocycles. The number of carbonyl (C=O) groups is 4. The minimum absolute atomic E-state index is 0.0444. The maximum absolute atomic E-state index is 16.5. The van der Waals surface area contributed by atoms with Crippen LogP contribution in [-0.4, -0.2) is 72.6 Å². The van der Waals surface area contributed by atoms with Gasteiger partial charge in [0.05, 0.1) is 17.5 Å². The quantitative estimate of drug-likeness (QED) is 0.183. The van der Waals surface area contributed by atoms with Crippen LogP contribution in [0.5, 0.6) is 0 Å². The number of amides is 4. The van der Waals surface area contributed by atoms with Gasteiger partial charge in [-0.3, -0.25) is 10.1 Å². The Morgan fingerprint density at radius 3 is 2.18 bits per heavy atom. The Labute approximate surface area is 348 Å². The first-order valence-electron chi connectivity index (χ1n) is 19.2. The van der Waals surface area contributed by atoms with Crippen LogP contribution in [0.1, 0.15) is 96.5 Å². The molecule has 0 aliphatic carbocycles. The van der Waals surface area contributed by atoms with Gasteiger partial charge in [0.25, 0.3) is 0 Å². The largest absolute Gasteiger partial charge is 0.449 e. The lowest BCUT2D eigenvalue weighted by Crippen LogP contribution is -2.44. The van der Waals surface area contributed by atoms with Crippen molar-refractivity contribution in [1.82, 2.24) is 9.88 Å².